The minimum atomic E-state index is -1.10. The predicted molar refractivity (Wildman–Crippen MR) is 47.0 cm³/mol. The van der Waals surface area contributed by atoms with Crippen LogP contribution in [0.15, 0.2) is 30.3 Å². The van der Waals surface area contributed by atoms with E-state index >= 15 is 0 Å². The molecule has 0 unspecified atom stereocenters. The van der Waals surface area contributed by atoms with Gasteiger partial charge in [-0.1, -0.05) is 30.3 Å². The lowest BCUT2D eigenvalue weighted by Gasteiger charge is -2.12. The molecule has 1 aromatic rings. The Kier molecular flexibility index (Phi) is 3.28. The molecule has 13 heavy (non-hydrogen) atoms. The van der Waals surface area contributed by atoms with Crippen LogP contribution in [0.1, 0.15) is 5.56 Å². The number of hydrogen-bond acceptors (Lipinski definition) is 2. The van der Waals surface area contributed by atoms with Crippen molar-refractivity contribution in [1.29, 1.82) is 0 Å². The van der Waals surface area contributed by atoms with Gasteiger partial charge in [-0.15, -0.1) is 0 Å². The number of carboxylic acid groups (broad SMARTS) is 1. The molecule has 1 N–H and O–H groups in total. The van der Waals surface area contributed by atoms with Crippen molar-refractivity contribution < 1.29 is 14.7 Å². The lowest BCUT2D eigenvalue weighted by Crippen LogP contribution is -2.24. The Balaban J connectivity index is 2.39. The molecule has 1 rings (SSSR count). The molecule has 0 saturated heterocycles. The number of rotatable bonds is 3. The average molecular weight is 181 g/mol. The van der Waals surface area contributed by atoms with Crippen LogP contribution in [0.25, 0.3) is 0 Å². The first-order valence-electron chi connectivity index (χ1n) is 3.83. The smallest absolute Gasteiger partial charge is 0.431 e. The summed E-state index contributed by atoms with van der Waals surface area (Å²) in [5.41, 5.74) is 0.940. The number of carbonyl (C=O) groups is 1. The maximum absolute atomic E-state index is 10.3. The normalized spacial score (nSPS) is 9.62. The van der Waals surface area contributed by atoms with Crippen molar-refractivity contribution in [3.8, 4) is 0 Å². The Morgan fingerprint density at radius 1 is 1.46 bits per heavy atom. The van der Waals surface area contributed by atoms with Gasteiger partial charge in [0.25, 0.3) is 0 Å². The molecule has 4 heteroatoms. The van der Waals surface area contributed by atoms with Crippen molar-refractivity contribution in [2.75, 3.05) is 7.05 Å². The molecule has 0 radical (unpaired) electrons. The first kappa shape index (κ1) is 9.54. The SMILES string of the molecule is CN(OCc1ccccc1)C(=O)O. The lowest BCUT2D eigenvalue weighted by molar-refractivity contribution is -0.123. The minimum Gasteiger partial charge on any atom is -0.463 e. The van der Waals surface area contributed by atoms with E-state index in [1.807, 2.05) is 30.3 Å². The molecule has 4 nitrogen and oxygen atoms in total. The monoisotopic (exact) mass is 181 g/mol. The van der Waals surface area contributed by atoms with Crippen molar-refractivity contribution in [3.63, 3.8) is 0 Å². The van der Waals surface area contributed by atoms with Gasteiger partial charge in [0, 0.05) is 7.05 Å². The standard InChI is InChI=1S/C9H11NO3/c1-10(9(11)12)13-7-8-5-3-2-4-6-8/h2-6H,7H2,1H3,(H,11,12). The third-order valence-corrected chi connectivity index (χ3v) is 1.54. The fourth-order valence-corrected chi connectivity index (χ4v) is 0.801. The molecule has 0 saturated carbocycles. The van der Waals surface area contributed by atoms with Crippen LogP contribution in [0.4, 0.5) is 4.79 Å². The summed E-state index contributed by atoms with van der Waals surface area (Å²) in [5, 5.41) is 9.25. The summed E-state index contributed by atoms with van der Waals surface area (Å²) in [5.74, 6) is 0. The molecule has 0 atom stereocenters. The molecule has 0 aliphatic rings. The highest BCUT2D eigenvalue weighted by atomic mass is 16.7. The summed E-state index contributed by atoms with van der Waals surface area (Å²) < 4.78 is 0. The highest BCUT2D eigenvalue weighted by Gasteiger charge is 2.04. The highest BCUT2D eigenvalue weighted by molar-refractivity contribution is 5.62. The van der Waals surface area contributed by atoms with Crippen LogP contribution in [0.5, 0.6) is 0 Å². The van der Waals surface area contributed by atoms with E-state index in [4.69, 9.17) is 9.94 Å². The van der Waals surface area contributed by atoms with Crippen molar-refractivity contribution in [2.45, 2.75) is 6.61 Å². The zero-order valence-corrected chi connectivity index (χ0v) is 7.30. The molecule has 0 heterocycles. The summed E-state index contributed by atoms with van der Waals surface area (Å²) in [4.78, 5) is 15.2. The Morgan fingerprint density at radius 2 is 2.08 bits per heavy atom. The van der Waals surface area contributed by atoms with E-state index < -0.39 is 6.09 Å². The van der Waals surface area contributed by atoms with Crippen molar-refractivity contribution in [3.05, 3.63) is 35.9 Å². The Bertz CT molecular complexity index is 273. The number of hydroxylamine groups is 2. The van der Waals surface area contributed by atoms with Gasteiger partial charge in [-0.3, -0.25) is 4.84 Å². The van der Waals surface area contributed by atoms with E-state index in [0.29, 0.717) is 0 Å². The van der Waals surface area contributed by atoms with Crippen LogP contribution in [-0.2, 0) is 11.4 Å². The zero-order chi connectivity index (χ0) is 9.68. The Morgan fingerprint density at radius 3 is 2.62 bits per heavy atom. The van der Waals surface area contributed by atoms with E-state index in [0.717, 1.165) is 10.6 Å². The zero-order valence-electron chi connectivity index (χ0n) is 7.30. The van der Waals surface area contributed by atoms with E-state index in [2.05, 4.69) is 0 Å². The topological polar surface area (TPSA) is 49.8 Å². The molecular formula is C9H11NO3. The molecule has 0 spiro atoms. The Labute approximate surface area is 76.3 Å². The Hall–Kier alpha value is -1.55. The van der Waals surface area contributed by atoms with Crippen LogP contribution >= 0.6 is 0 Å². The molecule has 1 aromatic carbocycles. The number of benzene rings is 1. The van der Waals surface area contributed by atoms with Crippen LogP contribution in [0.2, 0.25) is 0 Å². The summed E-state index contributed by atoms with van der Waals surface area (Å²) >= 11 is 0. The van der Waals surface area contributed by atoms with Gasteiger partial charge in [0.05, 0.1) is 0 Å². The third kappa shape index (κ3) is 3.13. The van der Waals surface area contributed by atoms with E-state index in [-0.39, 0.29) is 6.61 Å². The predicted octanol–water partition coefficient (Wildman–Crippen LogP) is 1.73. The van der Waals surface area contributed by atoms with Gasteiger partial charge in [-0.05, 0) is 5.56 Å². The molecule has 0 bridgehead atoms. The maximum Gasteiger partial charge on any atom is 0.431 e. The summed E-state index contributed by atoms with van der Waals surface area (Å²) in [6.07, 6.45) is -1.10. The second-order valence-electron chi connectivity index (χ2n) is 2.54. The molecular weight excluding hydrogens is 170 g/mol. The van der Waals surface area contributed by atoms with Crippen LogP contribution < -0.4 is 0 Å². The highest BCUT2D eigenvalue weighted by Crippen LogP contribution is 2.01. The second-order valence-corrected chi connectivity index (χ2v) is 2.54. The van der Waals surface area contributed by atoms with E-state index in [1.54, 1.807) is 0 Å². The lowest BCUT2D eigenvalue weighted by atomic mass is 10.2. The molecule has 70 valence electrons. The first-order valence-corrected chi connectivity index (χ1v) is 3.83. The van der Waals surface area contributed by atoms with Crippen LogP contribution in [-0.4, -0.2) is 23.3 Å². The molecule has 0 fully saturated rings. The summed E-state index contributed by atoms with van der Waals surface area (Å²) in [6, 6.07) is 9.38. The molecule has 0 aliphatic carbocycles. The van der Waals surface area contributed by atoms with E-state index in [1.165, 1.54) is 7.05 Å². The molecule has 0 aliphatic heterocycles. The fraction of sp³-hybridized carbons (Fsp3) is 0.222. The van der Waals surface area contributed by atoms with Gasteiger partial charge in [0.1, 0.15) is 6.61 Å². The minimum absolute atomic E-state index is 0.267. The van der Waals surface area contributed by atoms with Crippen molar-refractivity contribution >= 4 is 6.09 Å². The molecule has 1 amide bonds. The fourth-order valence-electron chi connectivity index (χ4n) is 0.801. The quantitative estimate of drug-likeness (QED) is 0.722. The average Bonchev–Trinajstić information content (AvgIpc) is 2.15. The summed E-state index contributed by atoms with van der Waals surface area (Å²) in [7, 11) is 1.35. The van der Waals surface area contributed by atoms with Gasteiger partial charge in [-0.25, -0.2) is 4.79 Å². The van der Waals surface area contributed by atoms with Crippen LogP contribution in [0, 0.1) is 0 Å². The van der Waals surface area contributed by atoms with Gasteiger partial charge in [0.15, 0.2) is 0 Å². The molecule has 0 aromatic heterocycles. The first-order chi connectivity index (χ1) is 6.20. The second kappa shape index (κ2) is 4.47. The van der Waals surface area contributed by atoms with Gasteiger partial charge >= 0.3 is 6.09 Å². The number of hydrogen-bond donors (Lipinski definition) is 1. The van der Waals surface area contributed by atoms with E-state index in [9.17, 15) is 4.79 Å². The van der Waals surface area contributed by atoms with Gasteiger partial charge < -0.3 is 5.11 Å². The van der Waals surface area contributed by atoms with Crippen molar-refractivity contribution in [1.82, 2.24) is 5.06 Å². The summed E-state index contributed by atoms with van der Waals surface area (Å²) in [6.45, 7) is 0.267. The number of amides is 1. The van der Waals surface area contributed by atoms with Crippen LogP contribution in [0.3, 0.4) is 0 Å². The maximum atomic E-state index is 10.3. The number of nitrogens with zero attached hydrogens (tertiary/aromatic N) is 1. The third-order valence-electron chi connectivity index (χ3n) is 1.54. The van der Waals surface area contributed by atoms with Gasteiger partial charge in [0.2, 0.25) is 0 Å². The largest absolute Gasteiger partial charge is 0.463 e. The van der Waals surface area contributed by atoms with Crippen molar-refractivity contribution in [2.24, 2.45) is 0 Å². The van der Waals surface area contributed by atoms with Gasteiger partial charge in [-0.2, -0.15) is 5.06 Å².